The summed E-state index contributed by atoms with van der Waals surface area (Å²) in [6.45, 7) is 2.38. The third-order valence-corrected chi connectivity index (χ3v) is 5.56. The van der Waals surface area contributed by atoms with Crippen LogP contribution in [0.5, 0.6) is 5.75 Å². The van der Waals surface area contributed by atoms with Crippen LogP contribution in [0.1, 0.15) is 29.2 Å². The Bertz CT molecular complexity index is 1330. The van der Waals surface area contributed by atoms with Gasteiger partial charge < -0.3 is 15.4 Å². The van der Waals surface area contributed by atoms with Gasteiger partial charge in [0.1, 0.15) is 5.75 Å². The Morgan fingerprint density at radius 2 is 1.69 bits per heavy atom. The molecule has 5 nitrogen and oxygen atoms in total. The zero-order valence-electron chi connectivity index (χ0n) is 19.4. The van der Waals surface area contributed by atoms with Crippen molar-refractivity contribution in [3.05, 3.63) is 107 Å². The maximum Gasteiger partial charge on any atom is 0.416 e. The lowest BCUT2D eigenvalue weighted by Crippen LogP contribution is -2.09. The fraction of sp³-hybridized carbons (Fsp3) is 0.143. The van der Waals surface area contributed by atoms with E-state index in [2.05, 4.69) is 10.6 Å². The minimum absolute atomic E-state index is 0.137. The molecule has 0 aromatic heterocycles. The number of halogens is 3. The third kappa shape index (κ3) is 5.83. The molecule has 0 fully saturated rings. The standard InChI is InChI=1S/C28H23F3N2O3/c1-2-36-21-15-11-19(12-16-21)22(18-9-13-20(14-10-18)28(29,30)31)5-3-8-26(34)32-24-6-4-7-25-23(24)17-27(35)33-25/h3-16H,2,17H2,1H3,(H,32,34)(H,33,35). The molecule has 1 aliphatic heterocycles. The zero-order chi connectivity index (χ0) is 25.7. The van der Waals surface area contributed by atoms with Crippen molar-refractivity contribution in [2.24, 2.45) is 0 Å². The Hall–Kier alpha value is -4.33. The van der Waals surface area contributed by atoms with Crippen LogP contribution in [0, 0.1) is 0 Å². The van der Waals surface area contributed by atoms with Crippen LogP contribution in [0.2, 0.25) is 0 Å². The topological polar surface area (TPSA) is 67.4 Å². The van der Waals surface area contributed by atoms with E-state index in [0.29, 0.717) is 34.9 Å². The van der Waals surface area contributed by atoms with Crippen molar-refractivity contribution in [3.63, 3.8) is 0 Å². The fourth-order valence-electron chi connectivity index (χ4n) is 3.87. The first-order valence-corrected chi connectivity index (χ1v) is 11.3. The largest absolute Gasteiger partial charge is 0.494 e. The molecule has 0 spiro atoms. The molecule has 0 aliphatic carbocycles. The highest BCUT2D eigenvalue weighted by Gasteiger charge is 2.30. The highest BCUT2D eigenvalue weighted by Crippen LogP contribution is 2.32. The molecule has 1 heterocycles. The number of alkyl halides is 3. The van der Waals surface area contributed by atoms with Gasteiger partial charge in [-0.1, -0.05) is 42.5 Å². The number of hydrogen-bond acceptors (Lipinski definition) is 3. The van der Waals surface area contributed by atoms with Gasteiger partial charge in [-0.15, -0.1) is 0 Å². The predicted molar refractivity (Wildman–Crippen MR) is 133 cm³/mol. The van der Waals surface area contributed by atoms with Gasteiger partial charge in [0.15, 0.2) is 0 Å². The number of ether oxygens (including phenoxy) is 1. The van der Waals surface area contributed by atoms with Crippen molar-refractivity contribution in [2.75, 3.05) is 17.2 Å². The second-order valence-corrected chi connectivity index (χ2v) is 8.02. The molecule has 184 valence electrons. The van der Waals surface area contributed by atoms with Crippen molar-refractivity contribution >= 4 is 28.8 Å². The Morgan fingerprint density at radius 1 is 1.03 bits per heavy atom. The first-order chi connectivity index (χ1) is 17.2. The van der Waals surface area contributed by atoms with Crippen molar-refractivity contribution in [1.82, 2.24) is 0 Å². The number of amides is 2. The minimum atomic E-state index is -4.43. The Kier molecular flexibility index (Phi) is 7.24. The van der Waals surface area contributed by atoms with E-state index in [1.807, 2.05) is 6.92 Å². The average Bonchev–Trinajstić information content (AvgIpc) is 3.24. The lowest BCUT2D eigenvalue weighted by molar-refractivity contribution is -0.137. The molecule has 0 unspecified atom stereocenters. The molecular formula is C28H23F3N2O3. The van der Waals surface area contributed by atoms with E-state index in [-0.39, 0.29) is 12.3 Å². The Morgan fingerprint density at radius 3 is 2.33 bits per heavy atom. The van der Waals surface area contributed by atoms with E-state index in [9.17, 15) is 22.8 Å². The third-order valence-electron chi connectivity index (χ3n) is 5.56. The lowest BCUT2D eigenvalue weighted by Gasteiger charge is -2.12. The number of benzene rings is 3. The summed E-state index contributed by atoms with van der Waals surface area (Å²) >= 11 is 0. The van der Waals surface area contributed by atoms with Crippen molar-refractivity contribution in [2.45, 2.75) is 19.5 Å². The summed E-state index contributed by atoms with van der Waals surface area (Å²) in [6, 6.07) is 17.2. The SMILES string of the molecule is CCOc1ccc(C(=CC=CC(=O)Nc2cccc3c2CC(=O)N3)c2ccc(C(F)(F)F)cc2)cc1. The van der Waals surface area contributed by atoms with Crippen LogP contribution in [0.25, 0.3) is 5.57 Å². The van der Waals surface area contributed by atoms with Gasteiger partial charge in [-0.3, -0.25) is 9.59 Å². The van der Waals surface area contributed by atoms with Gasteiger partial charge in [0.2, 0.25) is 11.8 Å². The summed E-state index contributed by atoms with van der Waals surface area (Å²) in [7, 11) is 0. The van der Waals surface area contributed by atoms with E-state index in [0.717, 1.165) is 23.3 Å². The van der Waals surface area contributed by atoms with E-state index in [4.69, 9.17) is 4.74 Å². The maximum atomic E-state index is 13.0. The average molecular weight is 492 g/mol. The predicted octanol–water partition coefficient (Wildman–Crippen LogP) is 6.23. The number of hydrogen-bond donors (Lipinski definition) is 2. The van der Waals surface area contributed by atoms with Gasteiger partial charge in [0, 0.05) is 23.0 Å². The van der Waals surface area contributed by atoms with Gasteiger partial charge >= 0.3 is 6.18 Å². The Balaban J connectivity index is 1.59. The molecule has 0 atom stereocenters. The van der Waals surface area contributed by atoms with E-state index in [1.165, 1.54) is 24.3 Å². The number of allylic oxidation sites excluding steroid dienone is 2. The van der Waals surface area contributed by atoms with E-state index < -0.39 is 17.6 Å². The van der Waals surface area contributed by atoms with Gasteiger partial charge in [-0.05, 0) is 60.0 Å². The number of anilines is 2. The first kappa shape index (κ1) is 24.8. The summed E-state index contributed by atoms with van der Waals surface area (Å²) in [4.78, 5) is 24.2. The zero-order valence-corrected chi connectivity index (χ0v) is 19.4. The number of rotatable bonds is 7. The van der Waals surface area contributed by atoms with Crippen molar-refractivity contribution in [3.8, 4) is 5.75 Å². The van der Waals surface area contributed by atoms with Crippen LogP contribution in [0.15, 0.2) is 85.0 Å². The van der Waals surface area contributed by atoms with Crippen LogP contribution in [0.4, 0.5) is 24.5 Å². The second-order valence-electron chi connectivity index (χ2n) is 8.02. The molecular weight excluding hydrogens is 469 g/mol. The van der Waals surface area contributed by atoms with Crippen LogP contribution in [-0.4, -0.2) is 18.4 Å². The summed E-state index contributed by atoms with van der Waals surface area (Å²) in [5.41, 5.74) is 3.12. The van der Waals surface area contributed by atoms with Gasteiger partial charge in [0.25, 0.3) is 0 Å². The van der Waals surface area contributed by atoms with Crippen molar-refractivity contribution < 1.29 is 27.5 Å². The molecule has 3 aromatic rings. The molecule has 0 saturated carbocycles. The molecule has 2 amide bonds. The van der Waals surface area contributed by atoms with Gasteiger partial charge in [-0.25, -0.2) is 0 Å². The summed E-state index contributed by atoms with van der Waals surface area (Å²) in [5, 5.41) is 5.51. The lowest BCUT2D eigenvalue weighted by atomic mass is 9.96. The molecule has 3 aromatic carbocycles. The normalized spacial score (nSPS) is 13.4. The summed E-state index contributed by atoms with van der Waals surface area (Å²) in [5.74, 6) is 0.130. The van der Waals surface area contributed by atoms with E-state index in [1.54, 1.807) is 48.5 Å². The quantitative estimate of drug-likeness (QED) is 0.304. The first-order valence-electron chi connectivity index (χ1n) is 11.3. The van der Waals surface area contributed by atoms with Crippen LogP contribution < -0.4 is 15.4 Å². The number of fused-ring (bicyclic) bond motifs is 1. The molecule has 1 aliphatic rings. The molecule has 0 saturated heterocycles. The van der Waals surface area contributed by atoms with E-state index >= 15 is 0 Å². The monoisotopic (exact) mass is 492 g/mol. The van der Waals surface area contributed by atoms with Crippen LogP contribution >= 0.6 is 0 Å². The number of carbonyl (C=O) groups is 2. The molecule has 4 rings (SSSR count). The second kappa shape index (κ2) is 10.5. The fourth-order valence-corrected chi connectivity index (χ4v) is 3.87. The maximum absolute atomic E-state index is 13.0. The highest BCUT2D eigenvalue weighted by molar-refractivity contribution is 6.05. The summed E-state index contributed by atoms with van der Waals surface area (Å²) in [6.07, 6.45) is 0.272. The van der Waals surface area contributed by atoms with Gasteiger partial charge in [0.05, 0.1) is 18.6 Å². The molecule has 0 bridgehead atoms. The van der Waals surface area contributed by atoms with Crippen molar-refractivity contribution in [1.29, 1.82) is 0 Å². The molecule has 36 heavy (non-hydrogen) atoms. The number of carbonyl (C=O) groups excluding carboxylic acids is 2. The summed E-state index contributed by atoms with van der Waals surface area (Å²) < 4.78 is 44.6. The molecule has 0 radical (unpaired) electrons. The molecule has 2 N–H and O–H groups in total. The Labute approximate surface area is 206 Å². The highest BCUT2D eigenvalue weighted by atomic mass is 19.4. The molecule has 8 heteroatoms. The number of nitrogens with one attached hydrogen (secondary N) is 2. The van der Waals surface area contributed by atoms with Gasteiger partial charge in [-0.2, -0.15) is 13.2 Å². The van der Waals surface area contributed by atoms with Crippen LogP contribution in [-0.2, 0) is 22.2 Å². The smallest absolute Gasteiger partial charge is 0.416 e. The van der Waals surface area contributed by atoms with Crippen LogP contribution in [0.3, 0.4) is 0 Å². The minimum Gasteiger partial charge on any atom is -0.494 e.